The first-order valence-corrected chi connectivity index (χ1v) is 8.65. The van der Waals surface area contributed by atoms with Crippen molar-refractivity contribution in [2.24, 2.45) is 17.8 Å². The van der Waals surface area contributed by atoms with Crippen LogP contribution in [0.3, 0.4) is 0 Å². The molecule has 0 radical (unpaired) electrons. The number of amides is 1. The number of anilines is 1. The van der Waals surface area contributed by atoms with E-state index in [9.17, 15) is 4.79 Å². The van der Waals surface area contributed by atoms with Gasteiger partial charge < -0.3 is 15.0 Å². The highest BCUT2D eigenvalue weighted by atomic mass is 16.5. The van der Waals surface area contributed by atoms with Gasteiger partial charge in [0.05, 0.1) is 17.7 Å². The number of piperidine rings is 1. The highest BCUT2D eigenvalue weighted by molar-refractivity contribution is 5.80. The highest BCUT2D eigenvalue weighted by Crippen LogP contribution is 2.35. The monoisotopic (exact) mass is 316 g/mol. The van der Waals surface area contributed by atoms with Crippen LogP contribution in [0.4, 0.5) is 5.82 Å². The normalized spacial score (nSPS) is 30.1. The molecule has 3 atom stereocenters. The topological polar surface area (TPSA) is 67.3 Å². The number of nitrogens with one attached hydrogen (secondary N) is 1. The average molecular weight is 316 g/mol. The largest absolute Gasteiger partial charge is 0.376 e. The molecule has 6 heteroatoms. The van der Waals surface area contributed by atoms with Gasteiger partial charge in [-0.2, -0.15) is 5.10 Å². The van der Waals surface area contributed by atoms with Crippen LogP contribution in [0.2, 0.25) is 0 Å². The van der Waals surface area contributed by atoms with Crippen molar-refractivity contribution in [1.82, 2.24) is 15.5 Å². The van der Waals surface area contributed by atoms with Gasteiger partial charge in [0.2, 0.25) is 5.91 Å². The molecule has 1 amide bonds. The molecule has 6 nitrogen and oxygen atoms in total. The highest BCUT2D eigenvalue weighted by Gasteiger charge is 2.44. The smallest absolute Gasteiger partial charge is 0.225 e. The van der Waals surface area contributed by atoms with Gasteiger partial charge in [0, 0.05) is 32.2 Å². The van der Waals surface area contributed by atoms with E-state index in [1.807, 2.05) is 19.1 Å². The first-order valence-electron chi connectivity index (χ1n) is 8.65. The number of fused-ring (bicyclic) bond motifs is 1. The molecule has 3 aliphatic rings. The van der Waals surface area contributed by atoms with Gasteiger partial charge in [-0.25, -0.2) is 0 Å². The number of nitrogens with zero attached hydrogens (tertiary/aromatic N) is 3. The summed E-state index contributed by atoms with van der Waals surface area (Å²) in [5.41, 5.74) is 0.902. The van der Waals surface area contributed by atoms with Crippen molar-refractivity contribution in [1.29, 1.82) is 0 Å². The summed E-state index contributed by atoms with van der Waals surface area (Å²) in [4.78, 5) is 14.8. The van der Waals surface area contributed by atoms with E-state index in [4.69, 9.17) is 4.74 Å². The average Bonchev–Trinajstić information content (AvgIpc) is 3.27. The number of aromatic nitrogens is 2. The number of rotatable bonds is 4. The third-order valence-corrected chi connectivity index (χ3v) is 5.30. The maximum absolute atomic E-state index is 12.7. The first-order chi connectivity index (χ1) is 11.2. The molecule has 4 rings (SSSR count). The Hall–Kier alpha value is -1.69. The molecular weight excluding hydrogens is 292 g/mol. The lowest BCUT2D eigenvalue weighted by Crippen LogP contribution is -2.53. The van der Waals surface area contributed by atoms with Crippen LogP contribution in [-0.4, -0.2) is 48.4 Å². The fourth-order valence-electron chi connectivity index (χ4n) is 3.70. The number of carbonyl (C=O) groups excluding carboxylic acids is 1. The first kappa shape index (κ1) is 14.9. The fraction of sp³-hybridized carbons (Fsp3) is 0.706. The van der Waals surface area contributed by atoms with Gasteiger partial charge in [0.15, 0.2) is 5.82 Å². The minimum atomic E-state index is -0.0156. The molecule has 1 N–H and O–H groups in total. The number of hydrogen-bond donors (Lipinski definition) is 1. The van der Waals surface area contributed by atoms with E-state index in [0.717, 1.165) is 37.6 Å². The summed E-state index contributed by atoms with van der Waals surface area (Å²) in [6, 6.07) is 3.95. The van der Waals surface area contributed by atoms with Crippen molar-refractivity contribution in [2.75, 3.05) is 31.1 Å². The van der Waals surface area contributed by atoms with Crippen molar-refractivity contribution < 1.29 is 9.53 Å². The van der Waals surface area contributed by atoms with Crippen LogP contribution in [0.1, 0.15) is 25.0 Å². The Morgan fingerprint density at radius 1 is 1.30 bits per heavy atom. The van der Waals surface area contributed by atoms with Gasteiger partial charge in [-0.3, -0.25) is 4.79 Å². The summed E-state index contributed by atoms with van der Waals surface area (Å²) in [6.07, 6.45) is 3.62. The SMILES string of the molecule is Cc1ccc(N2C[C@@H]3OCC[C@@H]3[C@@H](C(=O)NCC3CC3)C2)nn1. The van der Waals surface area contributed by atoms with Crippen LogP contribution in [0.5, 0.6) is 0 Å². The zero-order valence-corrected chi connectivity index (χ0v) is 13.6. The standard InChI is InChI=1S/C17H24N4O2/c1-11-2-5-16(20-19-11)21-9-14(13-6-7-23-15(13)10-21)17(22)18-8-12-3-4-12/h2,5,12-15H,3-4,6-10H2,1H3,(H,18,22)/t13-,14+,15+/m1/s1. The van der Waals surface area contributed by atoms with Gasteiger partial charge >= 0.3 is 0 Å². The van der Waals surface area contributed by atoms with Crippen LogP contribution in [0.25, 0.3) is 0 Å². The van der Waals surface area contributed by atoms with Crippen LogP contribution in [0.15, 0.2) is 12.1 Å². The molecule has 2 saturated heterocycles. The summed E-state index contributed by atoms with van der Waals surface area (Å²) in [5.74, 6) is 2.05. The maximum Gasteiger partial charge on any atom is 0.225 e. The van der Waals surface area contributed by atoms with E-state index < -0.39 is 0 Å². The molecule has 0 aromatic carbocycles. The third kappa shape index (κ3) is 3.17. The molecule has 1 aromatic rings. The number of carbonyl (C=O) groups is 1. The van der Waals surface area contributed by atoms with Crippen LogP contribution < -0.4 is 10.2 Å². The Bertz CT molecular complexity index is 572. The molecule has 0 bridgehead atoms. The Labute approximate surface area is 136 Å². The third-order valence-electron chi connectivity index (χ3n) is 5.30. The zero-order chi connectivity index (χ0) is 15.8. The molecule has 2 aliphatic heterocycles. The van der Waals surface area contributed by atoms with E-state index in [0.29, 0.717) is 18.4 Å². The molecule has 1 aliphatic carbocycles. The zero-order valence-electron chi connectivity index (χ0n) is 13.6. The minimum absolute atomic E-state index is 0.0156. The van der Waals surface area contributed by atoms with Crippen LogP contribution >= 0.6 is 0 Å². The molecule has 0 unspecified atom stereocenters. The van der Waals surface area contributed by atoms with E-state index in [1.54, 1.807) is 0 Å². The van der Waals surface area contributed by atoms with Gasteiger partial charge in [-0.05, 0) is 44.2 Å². The Morgan fingerprint density at radius 2 is 2.17 bits per heavy atom. The molecule has 23 heavy (non-hydrogen) atoms. The molecule has 1 aromatic heterocycles. The Morgan fingerprint density at radius 3 is 2.91 bits per heavy atom. The second kappa shape index (κ2) is 6.07. The summed E-state index contributed by atoms with van der Waals surface area (Å²) in [7, 11) is 0. The van der Waals surface area contributed by atoms with Crippen molar-refractivity contribution in [2.45, 2.75) is 32.3 Å². The Kier molecular flexibility index (Phi) is 3.93. The molecule has 3 fully saturated rings. The van der Waals surface area contributed by atoms with E-state index >= 15 is 0 Å². The fourth-order valence-corrected chi connectivity index (χ4v) is 3.70. The molecular formula is C17H24N4O2. The second-order valence-electron chi connectivity index (χ2n) is 7.09. The van der Waals surface area contributed by atoms with E-state index in [2.05, 4.69) is 20.4 Å². The van der Waals surface area contributed by atoms with Gasteiger partial charge in [0.1, 0.15) is 0 Å². The summed E-state index contributed by atoms with van der Waals surface area (Å²) in [6.45, 7) is 5.03. The number of aryl methyl sites for hydroxylation is 1. The summed E-state index contributed by atoms with van der Waals surface area (Å²) < 4.78 is 5.88. The minimum Gasteiger partial charge on any atom is -0.376 e. The van der Waals surface area contributed by atoms with Crippen LogP contribution in [-0.2, 0) is 9.53 Å². The molecule has 1 saturated carbocycles. The number of hydrogen-bond acceptors (Lipinski definition) is 5. The Balaban J connectivity index is 1.49. The summed E-state index contributed by atoms with van der Waals surface area (Å²) >= 11 is 0. The van der Waals surface area contributed by atoms with E-state index in [-0.39, 0.29) is 17.9 Å². The predicted molar refractivity (Wildman–Crippen MR) is 86.1 cm³/mol. The quantitative estimate of drug-likeness (QED) is 0.902. The van der Waals surface area contributed by atoms with Gasteiger partial charge in [-0.1, -0.05) is 0 Å². The lowest BCUT2D eigenvalue weighted by molar-refractivity contribution is -0.127. The van der Waals surface area contributed by atoms with E-state index in [1.165, 1.54) is 12.8 Å². The lowest BCUT2D eigenvalue weighted by atomic mass is 9.82. The van der Waals surface area contributed by atoms with Gasteiger partial charge in [-0.15, -0.1) is 5.10 Å². The maximum atomic E-state index is 12.7. The second-order valence-corrected chi connectivity index (χ2v) is 7.09. The summed E-state index contributed by atoms with van der Waals surface area (Å²) in [5, 5.41) is 11.6. The number of ether oxygens (including phenoxy) is 1. The lowest BCUT2D eigenvalue weighted by Gasteiger charge is -2.39. The molecule has 124 valence electrons. The predicted octanol–water partition coefficient (Wildman–Crippen LogP) is 1.15. The van der Waals surface area contributed by atoms with Gasteiger partial charge in [0.25, 0.3) is 0 Å². The van der Waals surface area contributed by atoms with Crippen molar-refractivity contribution in [3.63, 3.8) is 0 Å². The van der Waals surface area contributed by atoms with Crippen molar-refractivity contribution >= 4 is 11.7 Å². The molecule has 0 spiro atoms. The van der Waals surface area contributed by atoms with Crippen molar-refractivity contribution in [3.8, 4) is 0 Å². The van der Waals surface area contributed by atoms with Crippen molar-refractivity contribution in [3.05, 3.63) is 17.8 Å². The molecule has 3 heterocycles. The van der Waals surface area contributed by atoms with Crippen LogP contribution in [0, 0.1) is 24.7 Å².